The molecule has 0 saturated carbocycles. The van der Waals surface area contributed by atoms with Crippen LogP contribution in [0.4, 0.5) is 5.69 Å². The van der Waals surface area contributed by atoms with Gasteiger partial charge in [-0.25, -0.2) is 0 Å². The van der Waals surface area contributed by atoms with Crippen molar-refractivity contribution in [3.63, 3.8) is 0 Å². The second-order valence-electron chi connectivity index (χ2n) is 9.43. The molecule has 40 heavy (non-hydrogen) atoms. The Balaban J connectivity index is 1.79. The lowest BCUT2D eigenvalue weighted by molar-refractivity contribution is -0.384. The molecule has 2 aromatic rings. The Bertz CT molecular complexity index is 1190. The van der Waals surface area contributed by atoms with E-state index in [2.05, 4.69) is 11.9 Å². The van der Waals surface area contributed by atoms with Crippen LogP contribution in [0.3, 0.4) is 0 Å². The van der Waals surface area contributed by atoms with Crippen molar-refractivity contribution in [2.45, 2.75) is 32.0 Å². The highest BCUT2D eigenvalue weighted by Crippen LogP contribution is 2.39. The lowest BCUT2D eigenvalue weighted by atomic mass is 9.97. The van der Waals surface area contributed by atoms with Crippen molar-refractivity contribution >= 4 is 17.5 Å². The molecule has 0 bridgehead atoms. The fraction of sp³-hybridized carbons (Fsp3) is 0.429. The van der Waals surface area contributed by atoms with Crippen molar-refractivity contribution in [3.8, 4) is 11.5 Å². The summed E-state index contributed by atoms with van der Waals surface area (Å²) in [7, 11) is 1.58. The molecule has 12 nitrogen and oxygen atoms in total. The molecule has 3 atom stereocenters. The molecule has 1 aliphatic heterocycles. The molecule has 1 aliphatic rings. The number of non-ortho nitro benzene ring substituents is 1. The molecule has 2 N–H and O–H groups in total. The summed E-state index contributed by atoms with van der Waals surface area (Å²) in [6, 6.07) is 8.73. The number of benzene rings is 2. The molecule has 0 aromatic heterocycles. The van der Waals surface area contributed by atoms with Gasteiger partial charge >= 0.3 is 0 Å². The normalized spacial score (nSPS) is 16.5. The number of nitro groups is 1. The van der Waals surface area contributed by atoms with Crippen molar-refractivity contribution < 1.29 is 38.6 Å². The van der Waals surface area contributed by atoms with Crippen molar-refractivity contribution in [3.05, 3.63) is 76.4 Å². The van der Waals surface area contributed by atoms with E-state index >= 15 is 0 Å². The van der Waals surface area contributed by atoms with Crippen LogP contribution < -0.4 is 14.8 Å². The van der Waals surface area contributed by atoms with Crippen LogP contribution in [-0.2, 0) is 14.3 Å². The molecule has 2 aromatic carbocycles. The number of hydrogen-bond donors (Lipinski definition) is 2. The zero-order valence-corrected chi connectivity index (χ0v) is 22.8. The van der Waals surface area contributed by atoms with E-state index in [1.165, 1.54) is 35.2 Å². The predicted molar refractivity (Wildman–Crippen MR) is 145 cm³/mol. The summed E-state index contributed by atoms with van der Waals surface area (Å²) in [6.07, 6.45) is 0.759. The van der Waals surface area contributed by atoms with Crippen LogP contribution in [0.2, 0.25) is 0 Å². The lowest BCUT2D eigenvalue weighted by Crippen LogP contribution is -2.54. The monoisotopic (exact) mass is 557 g/mol. The highest BCUT2D eigenvalue weighted by Gasteiger charge is 2.39. The fourth-order valence-electron chi connectivity index (χ4n) is 4.42. The van der Waals surface area contributed by atoms with Gasteiger partial charge in [0.2, 0.25) is 5.91 Å². The van der Waals surface area contributed by atoms with Gasteiger partial charge in [-0.1, -0.05) is 19.9 Å². The highest BCUT2D eigenvalue weighted by atomic mass is 16.7. The Morgan fingerprint density at radius 3 is 2.55 bits per heavy atom. The van der Waals surface area contributed by atoms with Gasteiger partial charge in [-0.05, 0) is 30.2 Å². The predicted octanol–water partition coefficient (Wildman–Crippen LogP) is 2.86. The number of carbonyl (C=O) groups excluding carboxylic acids is 2. The Morgan fingerprint density at radius 2 is 1.95 bits per heavy atom. The van der Waals surface area contributed by atoms with E-state index < -0.39 is 34.9 Å². The number of rotatable bonds is 15. The Morgan fingerprint density at radius 1 is 1.23 bits per heavy atom. The van der Waals surface area contributed by atoms with E-state index in [0.717, 1.165) is 0 Å². The van der Waals surface area contributed by atoms with Gasteiger partial charge in [-0.15, -0.1) is 6.58 Å². The summed E-state index contributed by atoms with van der Waals surface area (Å²) in [4.78, 5) is 39.0. The first-order valence-corrected chi connectivity index (χ1v) is 12.8. The van der Waals surface area contributed by atoms with Crippen LogP contribution in [-0.4, -0.2) is 79.2 Å². The largest absolute Gasteiger partial charge is 0.485 e. The zero-order chi connectivity index (χ0) is 29.2. The zero-order valence-electron chi connectivity index (χ0n) is 22.8. The molecule has 0 aliphatic carbocycles. The molecule has 0 fully saturated rings. The molecular formula is C28H35N3O9. The highest BCUT2D eigenvalue weighted by molar-refractivity contribution is 5.98. The van der Waals surface area contributed by atoms with Crippen LogP contribution in [0.5, 0.6) is 11.5 Å². The summed E-state index contributed by atoms with van der Waals surface area (Å²) >= 11 is 0. The van der Waals surface area contributed by atoms with E-state index in [1.807, 2.05) is 13.8 Å². The summed E-state index contributed by atoms with van der Waals surface area (Å²) in [5.74, 6) is -0.278. The maximum Gasteiger partial charge on any atom is 0.269 e. The molecule has 0 unspecified atom stereocenters. The SMILES string of the molecule is C=CCN(C(=O)c1ccc([N+](=O)[O-])cc1)[C@H](C(=O)N[C@H]1c2ccc(OCOCCOC)cc2O[C@@H]1CO)C(C)C. The first-order chi connectivity index (χ1) is 19.2. The minimum atomic E-state index is -0.907. The first-order valence-electron chi connectivity index (χ1n) is 12.8. The minimum Gasteiger partial charge on any atom is -0.485 e. The van der Waals surface area contributed by atoms with E-state index in [0.29, 0.717) is 30.3 Å². The quantitative estimate of drug-likeness (QED) is 0.111. The topological polar surface area (TPSA) is 150 Å². The van der Waals surface area contributed by atoms with Gasteiger partial charge in [0.25, 0.3) is 11.6 Å². The number of nitrogens with one attached hydrogen (secondary N) is 1. The fourth-order valence-corrected chi connectivity index (χ4v) is 4.42. The molecule has 3 rings (SSSR count). The van der Waals surface area contributed by atoms with Crippen LogP contribution in [0.25, 0.3) is 0 Å². The number of methoxy groups -OCH3 is 1. The number of ether oxygens (including phenoxy) is 4. The summed E-state index contributed by atoms with van der Waals surface area (Å²) in [6.45, 7) is 7.89. The second-order valence-corrected chi connectivity index (χ2v) is 9.43. The minimum absolute atomic E-state index is 0.0176. The van der Waals surface area contributed by atoms with Gasteiger partial charge < -0.3 is 34.3 Å². The van der Waals surface area contributed by atoms with E-state index in [4.69, 9.17) is 18.9 Å². The standard InChI is InChI=1S/C28H35N3O9/c1-5-12-30(28(34)19-6-8-20(9-7-19)31(35)36)26(18(2)3)27(33)29-25-22-11-10-21(39-17-38-14-13-37-4)15-23(22)40-24(25)16-32/h5-11,15,18,24-26,32H,1,12-14,16-17H2,2-4H3,(H,29,33)/t24-,25+,26+/m1/s1. The van der Waals surface area contributed by atoms with Crippen LogP contribution in [0.1, 0.15) is 35.8 Å². The van der Waals surface area contributed by atoms with Crippen molar-refractivity contribution in [1.29, 1.82) is 0 Å². The maximum absolute atomic E-state index is 13.7. The molecular weight excluding hydrogens is 522 g/mol. The Kier molecular flexibility index (Phi) is 11.0. The Hall–Kier alpha value is -4.00. The van der Waals surface area contributed by atoms with E-state index in [1.54, 1.807) is 25.3 Å². The Labute approximate surface area is 232 Å². The maximum atomic E-state index is 13.7. The third kappa shape index (κ3) is 7.34. The molecule has 12 heteroatoms. The number of nitrogens with zero attached hydrogens (tertiary/aromatic N) is 2. The number of aliphatic hydroxyl groups is 1. The van der Waals surface area contributed by atoms with Gasteiger partial charge in [0.15, 0.2) is 6.79 Å². The summed E-state index contributed by atoms with van der Waals surface area (Å²) in [5.41, 5.74) is 0.707. The molecule has 2 amide bonds. The van der Waals surface area contributed by atoms with Gasteiger partial charge in [0.1, 0.15) is 23.6 Å². The van der Waals surface area contributed by atoms with Crippen molar-refractivity contribution in [2.24, 2.45) is 5.92 Å². The van der Waals surface area contributed by atoms with Gasteiger partial charge in [-0.3, -0.25) is 19.7 Å². The van der Waals surface area contributed by atoms with Gasteiger partial charge in [0.05, 0.1) is 30.8 Å². The molecule has 0 radical (unpaired) electrons. The third-order valence-corrected chi connectivity index (χ3v) is 6.34. The second kappa shape index (κ2) is 14.4. The summed E-state index contributed by atoms with van der Waals surface area (Å²) < 4.78 is 21.7. The van der Waals surface area contributed by atoms with Crippen LogP contribution >= 0.6 is 0 Å². The van der Waals surface area contributed by atoms with Crippen molar-refractivity contribution in [2.75, 3.05) is 40.3 Å². The lowest BCUT2D eigenvalue weighted by Gasteiger charge is -2.34. The first kappa shape index (κ1) is 30.5. The average molecular weight is 558 g/mol. The molecule has 0 saturated heterocycles. The average Bonchev–Trinajstić information content (AvgIpc) is 3.28. The van der Waals surface area contributed by atoms with Crippen LogP contribution in [0, 0.1) is 16.0 Å². The van der Waals surface area contributed by atoms with E-state index in [-0.39, 0.29) is 37.1 Å². The van der Waals surface area contributed by atoms with Crippen molar-refractivity contribution in [1.82, 2.24) is 10.2 Å². The number of nitro benzene ring substituents is 1. The van der Waals surface area contributed by atoms with Gasteiger partial charge in [0, 0.05) is 43.0 Å². The molecule has 1 heterocycles. The molecule has 0 spiro atoms. The molecule has 216 valence electrons. The number of hydrogen-bond acceptors (Lipinski definition) is 9. The number of aliphatic hydroxyl groups excluding tert-OH is 1. The number of fused-ring (bicyclic) bond motifs is 1. The number of amides is 2. The summed E-state index contributed by atoms with van der Waals surface area (Å²) in [5, 5.41) is 23.9. The smallest absolute Gasteiger partial charge is 0.269 e. The van der Waals surface area contributed by atoms with E-state index in [9.17, 15) is 24.8 Å². The number of carbonyl (C=O) groups is 2. The van der Waals surface area contributed by atoms with Crippen LogP contribution in [0.15, 0.2) is 55.1 Å². The third-order valence-electron chi connectivity index (χ3n) is 6.34. The van der Waals surface area contributed by atoms with Gasteiger partial charge in [-0.2, -0.15) is 0 Å².